The number of thiol groups is 1. The van der Waals surface area contributed by atoms with Crippen molar-refractivity contribution in [1.82, 2.24) is 0 Å². The number of anilines is 1. The Labute approximate surface area is 78.1 Å². The van der Waals surface area contributed by atoms with Crippen molar-refractivity contribution in [3.8, 4) is 5.75 Å². The first-order valence-corrected chi connectivity index (χ1v) is 4.39. The van der Waals surface area contributed by atoms with Crippen molar-refractivity contribution >= 4 is 18.3 Å². The zero-order valence-corrected chi connectivity index (χ0v) is 7.97. The highest BCUT2D eigenvalue weighted by molar-refractivity contribution is 7.80. The highest BCUT2D eigenvalue weighted by Gasteiger charge is 1.95. The third-order valence-corrected chi connectivity index (χ3v) is 1.64. The first-order valence-electron chi connectivity index (χ1n) is 3.94. The van der Waals surface area contributed by atoms with Gasteiger partial charge in [0.15, 0.2) is 0 Å². The zero-order chi connectivity index (χ0) is 8.97. The van der Waals surface area contributed by atoms with Crippen LogP contribution in [-0.2, 0) is 0 Å². The van der Waals surface area contributed by atoms with E-state index in [2.05, 4.69) is 19.6 Å². The fourth-order valence-corrected chi connectivity index (χ4v) is 1.19. The lowest BCUT2D eigenvalue weighted by atomic mass is 10.3. The Hall–Kier alpha value is -0.830. The molecule has 12 heavy (non-hydrogen) atoms. The van der Waals surface area contributed by atoms with Crippen LogP contribution >= 0.6 is 12.6 Å². The maximum Gasteiger partial charge on any atom is 0.122 e. The summed E-state index contributed by atoms with van der Waals surface area (Å²) in [4.78, 5) is 0.834. The molecule has 1 aromatic carbocycles. The fourth-order valence-electron chi connectivity index (χ4n) is 0.909. The lowest BCUT2D eigenvalue weighted by Gasteiger charge is -2.05. The van der Waals surface area contributed by atoms with E-state index in [4.69, 9.17) is 10.5 Å². The summed E-state index contributed by atoms with van der Waals surface area (Å²) in [6.07, 6.45) is 0.997. The molecule has 66 valence electrons. The third-order valence-electron chi connectivity index (χ3n) is 1.39. The van der Waals surface area contributed by atoms with Gasteiger partial charge in [-0.25, -0.2) is 0 Å². The maximum atomic E-state index is 5.60. The van der Waals surface area contributed by atoms with Crippen molar-refractivity contribution in [2.45, 2.75) is 18.2 Å². The molecule has 0 bridgehead atoms. The van der Waals surface area contributed by atoms with Crippen molar-refractivity contribution in [3.63, 3.8) is 0 Å². The fraction of sp³-hybridized carbons (Fsp3) is 0.333. The molecule has 2 N–H and O–H groups in total. The van der Waals surface area contributed by atoms with Gasteiger partial charge in [0.1, 0.15) is 5.75 Å². The predicted molar refractivity (Wildman–Crippen MR) is 53.9 cm³/mol. The van der Waals surface area contributed by atoms with Crippen LogP contribution < -0.4 is 10.5 Å². The van der Waals surface area contributed by atoms with Crippen molar-refractivity contribution in [1.29, 1.82) is 0 Å². The van der Waals surface area contributed by atoms with Crippen LogP contribution in [0.3, 0.4) is 0 Å². The molecule has 0 fully saturated rings. The Morgan fingerprint density at radius 3 is 2.75 bits per heavy atom. The predicted octanol–water partition coefficient (Wildman–Crippen LogP) is 2.35. The second-order valence-electron chi connectivity index (χ2n) is 2.61. The third kappa shape index (κ3) is 2.66. The molecule has 1 rings (SSSR count). The van der Waals surface area contributed by atoms with Gasteiger partial charge in [0.05, 0.1) is 6.61 Å². The van der Waals surface area contributed by atoms with Gasteiger partial charge < -0.3 is 10.5 Å². The minimum absolute atomic E-state index is 0.689. The molecule has 0 saturated carbocycles. The van der Waals surface area contributed by atoms with Crippen molar-refractivity contribution in [2.75, 3.05) is 12.3 Å². The summed E-state index contributed by atoms with van der Waals surface area (Å²) in [7, 11) is 0. The summed E-state index contributed by atoms with van der Waals surface area (Å²) in [5, 5.41) is 0. The lowest BCUT2D eigenvalue weighted by Crippen LogP contribution is -1.96. The number of ether oxygens (including phenoxy) is 1. The van der Waals surface area contributed by atoms with E-state index in [-0.39, 0.29) is 0 Å². The zero-order valence-electron chi connectivity index (χ0n) is 7.08. The topological polar surface area (TPSA) is 35.2 Å². The molecule has 2 nitrogen and oxygen atoms in total. The van der Waals surface area contributed by atoms with E-state index in [1.54, 1.807) is 12.1 Å². The normalized spacial score (nSPS) is 9.83. The van der Waals surface area contributed by atoms with Crippen LogP contribution in [0.5, 0.6) is 5.75 Å². The summed E-state index contributed by atoms with van der Waals surface area (Å²) in [5.41, 5.74) is 6.29. The summed E-state index contributed by atoms with van der Waals surface area (Å²) in [5.74, 6) is 0.793. The van der Waals surface area contributed by atoms with Crippen LogP contribution in [0.15, 0.2) is 23.1 Å². The lowest BCUT2D eigenvalue weighted by molar-refractivity contribution is 0.317. The number of hydrogen-bond donors (Lipinski definition) is 2. The Balaban J connectivity index is 2.72. The van der Waals surface area contributed by atoms with Gasteiger partial charge in [-0.05, 0) is 18.6 Å². The van der Waals surface area contributed by atoms with Gasteiger partial charge in [0, 0.05) is 16.6 Å². The Morgan fingerprint density at radius 2 is 2.17 bits per heavy atom. The van der Waals surface area contributed by atoms with Crippen LogP contribution in [0.4, 0.5) is 5.69 Å². The number of benzene rings is 1. The second-order valence-corrected chi connectivity index (χ2v) is 3.13. The van der Waals surface area contributed by atoms with Crippen molar-refractivity contribution < 1.29 is 4.74 Å². The minimum atomic E-state index is 0.689. The molecule has 0 heterocycles. The highest BCUT2D eigenvalue weighted by atomic mass is 32.1. The quantitative estimate of drug-likeness (QED) is 0.557. The molecule has 0 amide bonds. The SMILES string of the molecule is CCCOc1cc(N)cc(S)c1. The Morgan fingerprint density at radius 1 is 1.42 bits per heavy atom. The van der Waals surface area contributed by atoms with Gasteiger partial charge in [-0.2, -0.15) is 0 Å². The molecule has 0 unspecified atom stereocenters. The van der Waals surface area contributed by atoms with E-state index in [1.165, 1.54) is 0 Å². The van der Waals surface area contributed by atoms with Crippen LogP contribution in [-0.4, -0.2) is 6.61 Å². The second kappa shape index (κ2) is 4.26. The van der Waals surface area contributed by atoms with E-state index in [0.717, 1.165) is 23.7 Å². The van der Waals surface area contributed by atoms with Gasteiger partial charge in [0.25, 0.3) is 0 Å². The number of nitrogens with two attached hydrogens (primary N) is 1. The average Bonchev–Trinajstić information content (AvgIpc) is 1.99. The van der Waals surface area contributed by atoms with Gasteiger partial charge in [-0.15, -0.1) is 12.6 Å². The van der Waals surface area contributed by atoms with Crippen LogP contribution in [0.2, 0.25) is 0 Å². The first kappa shape index (κ1) is 9.26. The monoisotopic (exact) mass is 183 g/mol. The molecule has 0 aliphatic rings. The van der Waals surface area contributed by atoms with E-state index in [1.807, 2.05) is 6.07 Å². The molecule has 3 heteroatoms. The molecule has 0 radical (unpaired) electrons. The van der Waals surface area contributed by atoms with E-state index in [9.17, 15) is 0 Å². The average molecular weight is 183 g/mol. The van der Waals surface area contributed by atoms with E-state index >= 15 is 0 Å². The standard InChI is InChI=1S/C9H13NOS/c1-2-3-11-8-4-7(10)5-9(12)6-8/h4-6,12H,2-3,10H2,1H3. The van der Waals surface area contributed by atoms with E-state index in [0.29, 0.717) is 5.69 Å². The van der Waals surface area contributed by atoms with Crippen LogP contribution in [0.25, 0.3) is 0 Å². The van der Waals surface area contributed by atoms with Gasteiger partial charge in [-0.3, -0.25) is 0 Å². The molecule has 0 spiro atoms. The Bertz CT molecular complexity index is 242. The Kier molecular flexibility index (Phi) is 3.29. The molecule has 0 aliphatic heterocycles. The number of hydrogen-bond acceptors (Lipinski definition) is 3. The van der Waals surface area contributed by atoms with Gasteiger partial charge >= 0.3 is 0 Å². The number of nitrogen functional groups attached to an aromatic ring is 1. The highest BCUT2D eigenvalue weighted by Crippen LogP contribution is 2.21. The summed E-state index contributed by atoms with van der Waals surface area (Å²) in [6, 6.07) is 5.45. The molecular weight excluding hydrogens is 170 g/mol. The first-order chi connectivity index (χ1) is 5.72. The summed E-state index contributed by atoms with van der Waals surface area (Å²) < 4.78 is 5.39. The van der Waals surface area contributed by atoms with Crippen molar-refractivity contribution in [3.05, 3.63) is 18.2 Å². The summed E-state index contributed by atoms with van der Waals surface area (Å²) >= 11 is 4.19. The van der Waals surface area contributed by atoms with Gasteiger partial charge in [-0.1, -0.05) is 6.92 Å². The van der Waals surface area contributed by atoms with Crippen LogP contribution in [0.1, 0.15) is 13.3 Å². The summed E-state index contributed by atoms with van der Waals surface area (Å²) in [6.45, 7) is 2.78. The minimum Gasteiger partial charge on any atom is -0.493 e. The smallest absolute Gasteiger partial charge is 0.122 e. The van der Waals surface area contributed by atoms with Crippen LogP contribution in [0, 0.1) is 0 Å². The largest absolute Gasteiger partial charge is 0.493 e. The molecule has 1 aromatic rings. The molecule has 0 saturated heterocycles. The molecule has 0 aliphatic carbocycles. The maximum absolute atomic E-state index is 5.60. The van der Waals surface area contributed by atoms with Crippen molar-refractivity contribution in [2.24, 2.45) is 0 Å². The molecule has 0 aromatic heterocycles. The molecular formula is C9H13NOS. The van der Waals surface area contributed by atoms with Gasteiger partial charge in [0.2, 0.25) is 0 Å². The van der Waals surface area contributed by atoms with E-state index < -0.39 is 0 Å². The number of rotatable bonds is 3. The molecule has 0 atom stereocenters.